The summed E-state index contributed by atoms with van der Waals surface area (Å²) in [5.74, 6) is 2.22. The standard InChI is InChI=1S/C13H20N2O2S2/c1-3-18-7-6-15-10(2)8-11-9-12(19(14,16)17)4-5-13(11)15/h4-5,9-10H,3,6-8H2,1-2H3,(H2,14,16,17)/t10-/m0/s1. The van der Waals surface area contributed by atoms with Crippen LogP contribution in [0.15, 0.2) is 23.1 Å². The van der Waals surface area contributed by atoms with Crippen LogP contribution < -0.4 is 10.0 Å². The highest BCUT2D eigenvalue weighted by Gasteiger charge is 2.26. The van der Waals surface area contributed by atoms with Gasteiger partial charge >= 0.3 is 0 Å². The summed E-state index contributed by atoms with van der Waals surface area (Å²) < 4.78 is 22.7. The Hall–Kier alpha value is -0.720. The van der Waals surface area contributed by atoms with E-state index in [0.29, 0.717) is 6.04 Å². The molecule has 2 rings (SSSR count). The first-order chi connectivity index (χ1) is 8.93. The van der Waals surface area contributed by atoms with Gasteiger partial charge in [0.1, 0.15) is 0 Å². The van der Waals surface area contributed by atoms with Crippen molar-refractivity contribution in [3.63, 3.8) is 0 Å². The van der Waals surface area contributed by atoms with Gasteiger partial charge in [0, 0.05) is 24.0 Å². The molecule has 1 aliphatic rings. The second-order valence-corrected chi connectivity index (χ2v) is 7.73. The number of nitrogens with two attached hydrogens (primary N) is 1. The maximum Gasteiger partial charge on any atom is 0.238 e. The fourth-order valence-electron chi connectivity index (χ4n) is 2.50. The van der Waals surface area contributed by atoms with Crippen molar-refractivity contribution in [2.75, 3.05) is 23.0 Å². The van der Waals surface area contributed by atoms with E-state index in [1.54, 1.807) is 12.1 Å². The van der Waals surface area contributed by atoms with Crippen molar-refractivity contribution in [2.45, 2.75) is 31.2 Å². The lowest BCUT2D eigenvalue weighted by Crippen LogP contribution is -2.31. The Morgan fingerprint density at radius 3 is 2.84 bits per heavy atom. The predicted molar refractivity (Wildman–Crippen MR) is 81.3 cm³/mol. The third kappa shape index (κ3) is 3.24. The third-order valence-corrected chi connectivity index (χ3v) is 5.21. The molecule has 0 spiro atoms. The fraction of sp³-hybridized carbons (Fsp3) is 0.538. The van der Waals surface area contributed by atoms with Crippen molar-refractivity contribution >= 4 is 27.5 Å². The van der Waals surface area contributed by atoms with Gasteiger partial charge in [0.05, 0.1) is 4.90 Å². The van der Waals surface area contributed by atoms with Crippen LogP contribution in [0.3, 0.4) is 0 Å². The summed E-state index contributed by atoms with van der Waals surface area (Å²) in [5.41, 5.74) is 2.23. The summed E-state index contributed by atoms with van der Waals surface area (Å²) in [4.78, 5) is 2.56. The smallest absolute Gasteiger partial charge is 0.238 e. The van der Waals surface area contributed by atoms with Crippen molar-refractivity contribution in [3.05, 3.63) is 23.8 Å². The molecule has 0 radical (unpaired) electrons. The third-order valence-electron chi connectivity index (χ3n) is 3.42. The van der Waals surface area contributed by atoms with Gasteiger partial charge in [-0.15, -0.1) is 0 Å². The first-order valence-electron chi connectivity index (χ1n) is 6.43. The van der Waals surface area contributed by atoms with Crippen molar-refractivity contribution in [2.24, 2.45) is 5.14 Å². The van der Waals surface area contributed by atoms with Crippen LogP contribution in [0.25, 0.3) is 0 Å². The number of hydrogen-bond acceptors (Lipinski definition) is 4. The minimum Gasteiger partial charge on any atom is -0.367 e. The molecule has 0 amide bonds. The van der Waals surface area contributed by atoms with Crippen LogP contribution in [0, 0.1) is 0 Å². The zero-order valence-electron chi connectivity index (χ0n) is 11.3. The molecule has 1 atom stereocenters. The molecule has 4 nitrogen and oxygen atoms in total. The van der Waals surface area contributed by atoms with Gasteiger partial charge in [0.2, 0.25) is 10.0 Å². The summed E-state index contributed by atoms with van der Waals surface area (Å²) in [6.45, 7) is 5.33. The molecular weight excluding hydrogens is 280 g/mol. The van der Waals surface area contributed by atoms with Crippen LogP contribution in [-0.4, -0.2) is 32.5 Å². The normalized spacial score (nSPS) is 18.7. The molecule has 0 aromatic heterocycles. The zero-order valence-corrected chi connectivity index (χ0v) is 12.9. The monoisotopic (exact) mass is 300 g/mol. The Morgan fingerprint density at radius 1 is 1.47 bits per heavy atom. The molecule has 0 fully saturated rings. The largest absolute Gasteiger partial charge is 0.367 e. The highest BCUT2D eigenvalue weighted by atomic mass is 32.2. The maximum atomic E-state index is 11.4. The Morgan fingerprint density at radius 2 is 2.21 bits per heavy atom. The predicted octanol–water partition coefficient (Wildman–Crippen LogP) is 1.84. The molecule has 6 heteroatoms. The molecule has 0 saturated heterocycles. The van der Waals surface area contributed by atoms with Gasteiger partial charge in [0.15, 0.2) is 0 Å². The number of anilines is 1. The van der Waals surface area contributed by atoms with E-state index in [2.05, 4.69) is 18.7 Å². The van der Waals surface area contributed by atoms with E-state index >= 15 is 0 Å². The van der Waals surface area contributed by atoms with Crippen molar-refractivity contribution in [1.29, 1.82) is 0 Å². The molecule has 1 aromatic carbocycles. The van der Waals surface area contributed by atoms with Gasteiger partial charge in [-0.3, -0.25) is 0 Å². The number of fused-ring (bicyclic) bond motifs is 1. The van der Waals surface area contributed by atoms with E-state index in [9.17, 15) is 8.42 Å². The number of sulfonamides is 1. The number of primary sulfonamides is 1. The minimum absolute atomic E-state index is 0.211. The number of nitrogens with zero attached hydrogens (tertiary/aromatic N) is 1. The molecule has 0 saturated carbocycles. The molecule has 0 unspecified atom stereocenters. The Bertz CT molecular complexity index is 558. The van der Waals surface area contributed by atoms with Gasteiger partial charge in [-0.1, -0.05) is 6.92 Å². The lowest BCUT2D eigenvalue weighted by atomic mass is 10.1. The van der Waals surface area contributed by atoms with Crippen LogP contribution >= 0.6 is 11.8 Å². The van der Waals surface area contributed by atoms with Gasteiger partial charge < -0.3 is 4.90 Å². The molecule has 1 aliphatic heterocycles. The molecule has 19 heavy (non-hydrogen) atoms. The lowest BCUT2D eigenvalue weighted by molar-refractivity contribution is 0.597. The molecule has 0 bridgehead atoms. The van der Waals surface area contributed by atoms with Crippen molar-refractivity contribution < 1.29 is 8.42 Å². The highest BCUT2D eigenvalue weighted by molar-refractivity contribution is 7.99. The van der Waals surface area contributed by atoms with Gasteiger partial charge in [-0.25, -0.2) is 13.6 Å². The maximum absolute atomic E-state index is 11.4. The fourth-order valence-corrected chi connectivity index (χ4v) is 3.68. The van der Waals surface area contributed by atoms with Gasteiger partial charge in [0.25, 0.3) is 0 Å². The number of benzene rings is 1. The summed E-state index contributed by atoms with van der Waals surface area (Å²) in [7, 11) is -3.60. The number of rotatable bonds is 5. The Kier molecular flexibility index (Phi) is 4.43. The van der Waals surface area contributed by atoms with E-state index in [4.69, 9.17) is 5.14 Å². The van der Waals surface area contributed by atoms with E-state index in [1.165, 1.54) is 0 Å². The quantitative estimate of drug-likeness (QED) is 0.843. The van der Waals surface area contributed by atoms with E-state index in [0.717, 1.165) is 35.7 Å². The molecule has 1 aromatic rings. The topological polar surface area (TPSA) is 63.4 Å². The molecule has 1 heterocycles. The van der Waals surface area contributed by atoms with Gasteiger partial charge in [-0.2, -0.15) is 11.8 Å². The second-order valence-electron chi connectivity index (χ2n) is 4.78. The molecule has 0 aliphatic carbocycles. The zero-order chi connectivity index (χ0) is 14.0. The number of thioether (sulfide) groups is 1. The molecule has 2 N–H and O–H groups in total. The summed E-state index contributed by atoms with van der Waals surface area (Å²) >= 11 is 1.92. The SMILES string of the molecule is CCSCCN1c2ccc(S(N)(=O)=O)cc2C[C@@H]1C. The highest BCUT2D eigenvalue weighted by Crippen LogP contribution is 2.33. The van der Waals surface area contributed by atoms with E-state index in [-0.39, 0.29) is 4.90 Å². The molecule has 106 valence electrons. The lowest BCUT2D eigenvalue weighted by Gasteiger charge is -2.24. The van der Waals surface area contributed by atoms with Crippen LogP contribution in [0.2, 0.25) is 0 Å². The minimum atomic E-state index is -3.60. The van der Waals surface area contributed by atoms with Crippen LogP contribution in [0.4, 0.5) is 5.69 Å². The van der Waals surface area contributed by atoms with Crippen LogP contribution in [-0.2, 0) is 16.4 Å². The van der Waals surface area contributed by atoms with Crippen LogP contribution in [0.1, 0.15) is 19.4 Å². The van der Waals surface area contributed by atoms with Crippen molar-refractivity contribution in [3.8, 4) is 0 Å². The van der Waals surface area contributed by atoms with Gasteiger partial charge in [-0.05, 0) is 42.9 Å². The average Bonchev–Trinajstić information content (AvgIpc) is 2.64. The summed E-state index contributed by atoms with van der Waals surface area (Å²) in [6, 6.07) is 5.62. The number of hydrogen-bond donors (Lipinski definition) is 1. The molecular formula is C13H20N2O2S2. The summed E-state index contributed by atoms with van der Waals surface area (Å²) in [5, 5.41) is 5.17. The van der Waals surface area contributed by atoms with E-state index in [1.807, 2.05) is 17.8 Å². The average molecular weight is 300 g/mol. The second kappa shape index (κ2) is 5.73. The van der Waals surface area contributed by atoms with Crippen molar-refractivity contribution in [1.82, 2.24) is 0 Å². The Balaban J connectivity index is 2.23. The first kappa shape index (κ1) is 14.7. The Labute approximate surface area is 119 Å². The van der Waals surface area contributed by atoms with Crippen LogP contribution in [0.5, 0.6) is 0 Å². The summed E-state index contributed by atoms with van der Waals surface area (Å²) in [6.07, 6.45) is 0.884. The first-order valence-corrected chi connectivity index (χ1v) is 9.13. The van der Waals surface area contributed by atoms with E-state index < -0.39 is 10.0 Å².